The predicted octanol–water partition coefficient (Wildman–Crippen LogP) is 0.406. The number of aliphatic hydroxyl groups excluding tert-OH is 1. The van der Waals surface area contributed by atoms with Gasteiger partial charge in [0.25, 0.3) is 0 Å². The van der Waals surface area contributed by atoms with Crippen molar-refractivity contribution in [2.24, 2.45) is 15.9 Å². The third kappa shape index (κ3) is 5.37. The van der Waals surface area contributed by atoms with Gasteiger partial charge in [0.2, 0.25) is 0 Å². The molecule has 0 aliphatic carbocycles. The van der Waals surface area contributed by atoms with Crippen molar-refractivity contribution in [2.75, 3.05) is 19.8 Å². The molecule has 0 unspecified atom stereocenters. The van der Waals surface area contributed by atoms with E-state index in [1.165, 1.54) is 6.92 Å². The summed E-state index contributed by atoms with van der Waals surface area (Å²) in [6, 6.07) is 8.00. The second-order valence-electron chi connectivity index (χ2n) is 7.19. The fraction of sp³-hybridized carbons (Fsp3) is 0.550. The van der Waals surface area contributed by atoms with Crippen LogP contribution in [0, 0.1) is 0 Å². The fourth-order valence-electron chi connectivity index (χ4n) is 3.57. The zero-order valence-corrected chi connectivity index (χ0v) is 16.1. The molecule has 4 N–H and O–H groups in total. The molecule has 0 amide bonds. The van der Waals surface area contributed by atoms with Gasteiger partial charge in [-0.25, -0.2) is 0 Å². The van der Waals surface area contributed by atoms with Crippen LogP contribution in [0.5, 0.6) is 0 Å². The first-order valence-electron chi connectivity index (χ1n) is 9.63. The molecule has 2 heterocycles. The molecule has 152 valence electrons. The molecule has 0 bridgehead atoms. The first-order valence-corrected chi connectivity index (χ1v) is 9.63. The van der Waals surface area contributed by atoms with Gasteiger partial charge in [0.05, 0.1) is 12.1 Å². The van der Waals surface area contributed by atoms with Crippen molar-refractivity contribution in [2.45, 2.75) is 50.5 Å². The predicted molar refractivity (Wildman–Crippen MR) is 107 cm³/mol. The van der Waals surface area contributed by atoms with Crippen LogP contribution in [0.4, 0.5) is 0 Å². The van der Waals surface area contributed by atoms with Crippen LogP contribution in [0.2, 0.25) is 0 Å². The van der Waals surface area contributed by atoms with E-state index < -0.39 is 12.2 Å². The second kappa shape index (κ2) is 9.77. The summed E-state index contributed by atoms with van der Waals surface area (Å²) in [5.41, 5.74) is 2.58. The number of hydrogen-bond acceptors (Lipinski definition) is 8. The first-order chi connectivity index (χ1) is 13.6. The summed E-state index contributed by atoms with van der Waals surface area (Å²) in [6.07, 6.45) is 2.97. The topological polar surface area (TPSA) is 119 Å². The molecule has 8 heteroatoms. The number of nitrogens with zero attached hydrogens (tertiary/aromatic N) is 2. The average molecular weight is 388 g/mol. The number of carbonyl (C=O) groups excluding carboxylic acids is 1. The van der Waals surface area contributed by atoms with Crippen molar-refractivity contribution in [3.8, 4) is 0 Å². The lowest BCUT2D eigenvalue weighted by Crippen LogP contribution is -2.38. The molecule has 28 heavy (non-hydrogen) atoms. The van der Waals surface area contributed by atoms with Crippen LogP contribution < -0.4 is 11.2 Å². The molecule has 8 nitrogen and oxygen atoms in total. The smallest absolute Gasteiger partial charge is 0.303 e. The van der Waals surface area contributed by atoms with Crippen LogP contribution >= 0.6 is 0 Å². The van der Waals surface area contributed by atoms with E-state index in [0.717, 1.165) is 37.2 Å². The minimum absolute atomic E-state index is 0.123. The highest BCUT2D eigenvalue weighted by Gasteiger charge is 2.37. The highest BCUT2D eigenvalue weighted by atomic mass is 16.6. The number of ether oxygens (including phenoxy) is 2. The molecule has 2 saturated heterocycles. The number of nitrogens with two attached hydrogens (primary N) is 1. The zero-order valence-electron chi connectivity index (χ0n) is 16.1. The van der Waals surface area contributed by atoms with Crippen molar-refractivity contribution in [1.82, 2.24) is 5.32 Å². The minimum Gasteiger partial charge on any atom is -0.458 e. The summed E-state index contributed by atoms with van der Waals surface area (Å²) in [5, 5.41) is 17.1. The van der Waals surface area contributed by atoms with E-state index in [2.05, 4.69) is 15.4 Å². The second-order valence-corrected chi connectivity index (χ2v) is 7.19. The van der Waals surface area contributed by atoms with Gasteiger partial charge < -0.3 is 25.7 Å². The SMILES string of the molecule is CC(=O)O[C@@H]1[C@@H](O)CN[C@@H]1Cc1ccc(/C(C=NC2CCOCC2)=N/N)cc1. The normalized spacial score (nSPS) is 26.6. The van der Waals surface area contributed by atoms with E-state index in [9.17, 15) is 9.90 Å². The summed E-state index contributed by atoms with van der Waals surface area (Å²) in [5.74, 6) is 5.17. The quantitative estimate of drug-likeness (QED) is 0.281. The third-order valence-electron chi connectivity index (χ3n) is 5.11. The fourth-order valence-corrected chi connectivity index (χ4v) is 3.57. The third-order valence-corrected chi connectivity index (χ3v) is 5.11. The Morgan fingerprint density at radius 2 is 2.07 bits per heavy atom. The van der Waals surface area contributed by atoms with Crippen LogP contribution in [0.25, 0.3) is 0 Å². The summed E-state index contributed by atoms with van der Waals surface area (Å²) in [4.78, 5) is 15.8. The lowest BCUT2D eigenvalue weighted by Gasteiger charge is -2.21. The molecule has 1 aromatic rings. The molecule has 0 aromatic heterocycles. The van der Waals surface area contributed by atoms with Gasteiger partial charge in [-0.05, 0) is 24.8 Å². The van der Waals surface area contributed by atoms with Crippen LogP contribution in [-0.4, -0.2) is 67.1 Å². The Labute approximate surface area is 164 Å². The Kier molecular flexibility index (Phi) is 7.13. The van der Waals surface area contributed by atoms with Crippen LogP contribution in [0.15, 0.2) is 34.4 Å². The molecule has 0 radical (unpaired) electrons. The van der Waals surface area contributed by atoms with Crippen molar-refractivity contribution in [3.05, 3.63) is 35.4 Å². The van der Waals surface area contributed by atoms with Crippen LogP contribution in [0.3, 0.4) is 0 Å². The number of aliphatic hydroxyl groups is 1. The van der Waals surface area contributed by atoms with E-state index in [-0.39, 0.29) is 18.1 Å². The first kappa shape index (κ1) is 20.4. The number of hydrogen-bond donors (Lipinski definition) is 3. The molecule has 2 aliphatic heterocycles. The van der Waals surface area contributed by atoms with Crippen molar-refractivity contribution in [1.29, 1.82) is 0 Å². The van der Waals surface area contributed by atoms with Crippen LogP contribution in [-0.2, 0) is 20.7 Å². The molecule has 3 atom stereocenters. The van der Waals surface area contributed by atoms with Gasteiger partial charge in [-0.15, -0.1) is 0 Å². The van der Waals surface area contributed by atoms with E-state index in [1.54, 1.807) is 6.21 Å². The monoisotopic (exact) mass is 388 g/mol. The minimum atomic E-state index is -0.689. The standard InChI is InChI=1S/C20H28N4O4/c1-13(25)28-20-17(23-12-19(20)26)10-14-2-4-15(5-3-14)18(24-21)11-22-16-6-8-27-9-7-16/h2-5,11,16-17,19-20,23,26H,6-10,12,21H2,1H3/b22-11?,24-18+/t17-,19+,20+/m1/s1. The molecule has 0 spiro atoms. The lowest BCUT2D eigenvalue weighted by molar-refractivity contribution is -0.151. The van der Waals surface area contributed by atoms with Gasteiger partial charge in [0.15, 0.2) is 0 Å². The molecule has 0 saturated carbocycles. The Balaban J connectivity index is 1.62. The Bertz CT molecular complexity index is 713. The van der Waals surface area contributed by atoms with E-state index in [0.29, 0.717) is 18.7 Å². The van der Waals surface area contributed by atoms with E-state index in [4.69, 9.17) is 15.3 Å². The summed E-state index contributed by atoms with van der Waals surface area (Å²) in [6.45, 7) is 3.24. The number of β-amino-alcohol motifs (C(OH)–C–C–N with tert-alkyl or cyclic N) is 1. The van der Waals surface area contributed by atoms with Gasteiger partial charge in [0, 0.05) is 38.5 Å². The zero-order chi connectivity index (χ0) is 19.9. The number of carbonyl (C=O) groups is 1. The van der Waals surface area contributed by atoms with E-state index in [1.807, 2.05) is 24.3 Å². The molecule has 3 rings (SSSR count). The summed E-state index contributed by atoms with van der Waals surface area (Å²) >= 11 is 0. The highest BCUT2D eigenvalue weighted by Crippen LogP contribution is 2.18. The number of nitrogens with one attached hydrogen (secondary N) is 1. The maximum Gasteiger partial charge on any atom is 0.303 e. The Morgan fingerprint density at radius 3 is 2.71 bits per heavy atom. The summed E-state index contributed by atoms with van der Waals surface area (Å²) in [7, 11) is 0. The number of aliphatic imine (C=N–C) groups is 1. The van der Waals surface area contributed by atoms with Crippen molar-refractivity contribution >= 4 is 17.9 Å². The molecule has 2 fully saturated rings. The number of esters is 1. The summed E-state index contributed by atoms with van der Waals surface area (Å²) < 4.78 is 10.6. The number of hydrazone groups is 1. The van der Waals surface area contributed by atoms with Crippen LogP contribution in [0.1, 0.15) is 30.9 Å². The Morgan fingerprint density at radius 1 is 1.36 bits per heavy atom. The maximum absolute atomic E-state index is 11.3. The maximum atomic E-state index is 11.3. The van der Waals surface area contributed by atoms with Gasteiger partial charge in [-0.3, -0.25) is 9.79 Å². The highest BCUT2D eigenvalue weighted by molar-refractivity contribution is 6.38. The van der Waals surface area contributed by atoms with Gasteiger partial charge in [-0.2, -0.15) is 5.10 Å². The molecule has 2 aliphatic rings. The number of benzene rings is 1. The largest absolute Gasteiger partial charge is 0.458 e. The average Bonchev–Trinajstić information content (AvgIpc) is 3.03. The lowest BCUT2D eigenvalue weighted by atomic mass is 9.99. The van der Waals surface area contributed by atoms with Gasteiger partial charge in [-0.1, -0.05) is 24.3 Å². The molecular formula is C20H28N4O4. The van der Waals surface area contributed by atoms with E-state index >= 15 is 0 Å². The van der Waals surface area contributed by atoms with Crippen molar-refractivity contribution < 1.29 is 19.4 Å². The number of rotatable bonds is 6. The molecule has 1 aromatic carbocycles. The van der Waals surface area contributed by atoms with Crippen molar-refractivity contribution in [3.63, 3.8) is 0 Å². The van der Waals surface area contributed by atoms with Gasteiger partial charge in [0.1, 0.15) is 17.9 Å². The van der Waals surface area contributed by atoms with Gasteiger partial charge >= 0.3 is 5.97 Å². The Hall–Kier alpha value is -2.29. The molecular weight excluding hydrogens is 360 g/mol.